The quantitative estimate of drug-likeness (QED) is 0.122. The Morgan fingerprint density at radius 1 is 1.11 bits per heavy atom. The molecule has 0 unspecified atom stereocenters. The van der Waals surface area contributed by atoms with E-state index in [9.17, 15) is 4.79 Å². The van der Waals surface area contributed by atoms with Gasteiger partial charge in [0, 0.05) is 28.3 Å². The Morgan fingerprint density at radius 3 is 2.29 bits per heavy atom. The first kappa shape index (κ1) is 32.8. The van der Waals surface area contributed by atoms with E-state index in [4.69, 9.17) is 18.3 Å². The molecule has 0 spiro atoms. The van der Waals surface area contributed by atoms with E-state index in [1.165, 1.54) is 0 Å². The second-order valence-electron chi connectivity index (χ2n) is 13.3. The summed E-state index contributed by atoms with van der Waals surface area (Å²) in [6.07, 6.45) is 1.55. The average Bonchev–Trinajstić information content (AvgIpc) is 2.71. The van der Waals surface area contributed by atoms with Gasteiger partial charge in [0.25, 0.3) is 0 Å². The van der Waals surface area contributed by atoms with E-state index in [0.717, 1.165) is 14.9 Å². The number of hydrogen-bond donors (Lipinski definition) is 0. The molecule has 0 aromatic heterocycles. The number of halogens is 1. The van der Waals surface area contributed by atoms with Crippen LogP contribution in [-0.2, 0) is 13.6 Å². The number of piperidine rings is 1. The lowest BCUT2D eigenvalue weighted by Crippen LogP contribution is -2.57. The van der Waals surface area contributed by atoms with Crippen LogP contribution in [0.2, 0.25) is 37.8 Å². The van der Waals surface area contributed by atoms with Crippen LogP contribution in [0.5, 0.6) is 5.75 Å². The lowest BCUT2D eigenvalue weighted by atomic mass is 10.0. The maximum atomic E-state index is 12.9. The van der Waals surface area contributed by atoms with Gasteiger partial charge in [-0.2, -0.15) is 0 Å². The topological polar surface area (TPSA) is 69.6 Å². The molecule has 1 aromatic carbocycles. The molecule has 214 valence electrons. The number of rotatable bonds is 8. The van der Waals surface area contributed by atoms with Crippen molar-refractivity contribution in [2.24, 2.45) is 4.99 Å². The molecule has 2 atom stereocenters. The van der Waals surface area contributed by atoms with Crippen molar-refractivity contribution in [3.8, 4) is 5.75 Å². The molecule has 1 aliphatic heterocycles. The van der Waals surface area contributed by atoms with Crippen molar-refractivity contribution in [2.45, 2.75) is 104 Å². The summed E-state index contributed by atoms with van der Waals surface area (Å²) in [6.45, 7) is 27.9. The van der Waals surface area contributed by atoms with Crippen molar-refractivity contribution in [2.75, 3.05) is 13.1 Å². The van der Waals surface area contributed by atoms with E-state index in [1.807, 2.05) is 39.0 Å². The highest BCUT2D eigenvalue weighted by Crippen LogP contribution is 2.39. The highest BCUT2D eigenvalue weighted by atomic mass is 127. The molecular formula is C28H47IN2O5Si2. The molecule has 0 aliphatic carbocycles. The Kier molecular flexibility index (Phi) is 10.7. The summed E-state index contributed by atoms with van der Waals surface area (Å²) in [5.41, 5.74) is 0.289. The largest absolute Gasteiger partial charge is 0.532 e. The van der Waals surface area contributed by atoms with Gasteiger partial charge in [0.1, 0.15) is 17.5 Å². The lowest BCUT2D eigenvalue weighted by molar-refractivity contribution is -0.0323. The Bertz CT molecular complexity index is 1030. The van der Waals surface area contributed by atoms with Gasteiger partial charge in [-0.05, 0) is 106 Å². The Labute approximate surface area is 245 Å². The minimum absolute atomic E-state index is 0.0170. The zero-order valence-corrected chi connectivity index (χ0v) is 29.3. The number of ether oxygens (including phenoxy) is 2. The van der Waals surface area contributed by atoms with Crippen LogP contribution in [-0.4, -0.2) is 64.7 Å². The molecular weight excluding hydrogens is 627 g/mol. The van der Waals surface area contributed by atoms with Crippen LogP contribution >= 0.6 is 22.6 Å². The Hall–Kier alpha value is -1.38. The Balaban J connectivity index is 2.33. The van der Waals surface area contributed by atoms with E-state index >= 15 is 0 Å². The van der Waals surface area contributed by atoms with Crippen LogP contribution in [0.1, 0.15) is 53.5 Å². The van der Waals surface area contributed by atoms with E-state index < -0.39 is 22.2 Å². The highest BCUT2D eigenvalue weighted by Gasteiger charge is 2.44. The van der Waals surface area contributed by atoms with Gasteiger partial charge >= 0.3 is 6.09 Å². The molecule has 0 saturated carbocycles. The second kappa shape index (κ2) is 12.4. The normalized spacial score (nSPS) is 19.4. The van der Waals surface area contributed by atoms with Gasteiger partial charge in [0.2, 0.25) is 8.32 Å². The molecule has 0 radical (unpaired) electrons. The van der Waals surface area contributed by atoms with Crippen molar-refractivity contribution >= 4 is 51.5 Å². The third-order valence-electron chi connectivity index (χ3n) is 6.42. The summed E-state index contributed by atoms with van der Waals surface area (Å²) in [5.74, 6) is 1.12. The maximum absolute atomic E-state index is 12.9. The first-order valence-corrected chi connectivity index (χ1v) is 20.6. The van der Waals surface area contributed by atoms with Gasteiger partial charge in [-0.15, -0.1) is 0 Å². The summed E-state index contributed by atoms with van der Waals surface area (Å²) in [4.78, 5) is 19.1. The first-order chi connectivity index (χ1) is 17.2. The summed E-state index contributed by atoms with van der Waals surface area (Å²) in [7, 11) is -3.95. The van der Waals surface area contributed by atoms with Crippen molar-refractivity contribution in [3.63, 3.8) is 0 Å². The predicted molar refractivity (Wildman–Crippen MR) is 169 cm³/mol. The highest BCUT2D eigenvalue weighted by molar-refractivity contribution is 14.1. The minimum atomic E-state index is -2.15. The lowest BCUT2D eigenvalue weighted by Gasteiger charge is -2.45. The molecule has 0 bridgehead atoms. The fourth-order valence-corrected chi connectivity index (χ4v) is 6.21. The van der Waals surface area contributed by atoms with Gasteiger partial charge in [0.05, 0.1) is 12.6 Å². The number of carbonyl (C=O) groups is 1. The number of hydrogen-bond acceptors (Lipinski definition) is 6. The van der Waals surface area contributed by atoms with E-state index in [0.29, 0.717) is 25.4 Å². The molecule has 1 aromatic rings. The predicted octanol–water partition coefficient (Wildman–Crippen LogP) is 7.81. The molecule has 1 aliphatic rings. The van der Waals surface area contributed by atoms with Gasteiger partial charge in [-0.25, -0.2) is 9.79 Å². The summed E-state index contributed by atoms with van der Waals surface area (Å²) >= 11 is 2.28. The molecule has 1 fully saturated rings. The zero-order chi connectivity index (χ0) is 29.1. The van der Waals surface area contributed by atoms with Gasteiger partial charge in [-0.1, -0.05) is 20.8 Å². The number of aliphatic imine (C=N–C) groups is 1. The number of nitrogens with zero attached hydrogens (tertiary/aromatic N) is 2. The SMILES string of the molecule is C=C(N=Cc1cc(I)ccc1O[C@@H]1CCN(C(=O)OC(C)(C)C)C[C@H]1O[Si](C)(C)C(C)(C)C)O[Si](C)(C)C. The molecule has 38 heavy (non-hydrogen) atoms. The van der Waals surface area contributed by atoms with E-state index in [-0.39, 0.29) is 23.3 Å². The third kappa shape index (κ3) is 10.3. The monoisotopic (exact) mass is 674 g/mol. The fourth-order valence-electron chi connectivity index (χ4n) is 3.60. The van der Waals surface area contributed by atoms with Gasteiger partial charge in [0.15, 0.2) is 14.2 Å². The summed E-state index contributed by atoms with van der Waals surface area (Å²) in [5, 5.41) is 0.0170. The van der Waals surface area contributed by atoms with Gasteiger partial charge in [-0.3, -0.25) is 0 Å². The number of likely N-dealkylation sites (tertiary alicyclic amines) is 1. The molecule has 0 N–H and O–H groups in total. The molecule has 7 nitrogen and oxygen atoms in total. The van der Waals surface area contributed by atoms with Crippen molar-refractivity contribution < 1.29 is 23.1 Å². The Morgan fingerprint density at radius 2 is 1.74 bits per heavy atom. The second-order valence-corrected chi connectivity index (χ2v) is 23.8. The molecule has 1 amide bonds. The molecule has 10 heteroatoms. The summed E-state index contributed by atoms with van der Waals surface area (Å²) in [6, 6.07) is 6.01. The van der Waals surface area contributed by atoms with Crippen molar-refractivity contribution in [3.05, 3.63) is 39.8 Å². The molecule has 2 rings (SSSR count). The number of carbonyl (C=O) groups excluding carboxylic acids is 1. The van der Waals surface area contributed by atoms with Crippen LogP contribution in [0.4, 0.5) is 4.79 Å². The van der Waals surface area contributed by atoms with Gasteiger partial charge < -0.3 is 23.2 Å². The summed E-state index contributed by atoms with van der Waals surface area (Å²) < 4.78 is 26.1. The fraction of sp³-hybridized carbons (Fsp3) is 0.643. The molecule has 1 heterocycles. The average molecular weight is 675 g/mol. The van der Waals surface area contributed by atoms with E-state index in [1.54, 1.807) is 11.1 Å². The van der Waals surface area contributed by atoms with Crippen LogP contribution < -0.4 is 4.74 Å². The number of amides is 1. The van der Waals surface area contributed by atoms with Crippen molar-refractivity contribution in [1.29, 1.82) is 0 Å². The minimum Gasteiger partial charge on any atom is -0.532 e. The number of benzene rings is 1. The zero-order valence-electron chi connectivity index (χ0n) is 25.1. The third-order valence-corrected chi connectivity index (χ3v) is 12.4. The van der Waals surface area contributed by atoms with E-state index in [2.05, 4.69) is 87.7 Å². The van der Waals surface area contributed by atoms with Crippen LogP contribution in [0, 0.1) is 3.57 Å². The van der Waals surface area contributed by atoms with Crippen LogP contribution in [0.25, 0.3) is 0 Å². The standard InChI is InChI=1S/C28H47IN2O5Si2/c1-20(35-37(8,9)10)30-18-21-17-22(29)13-14-23(21)33-24-15-16-31(26(32)34-27(2,3)4)19-25(24)36-38(11,12)28(5,6)7/h13-14,17-18,24-25H,1,15-16,19H2,2-12H3/t24-,25-/m1/s1. The van der Waals surface area contributed by atoms with Crippen LogP contribution in [0.3, 0.4) is 0 Å². The maximum Gasteiger partial charge on any atom is 0.410 e. The smallest absolute Gasteiger partial charge is 0.410 e. The molecule has 1 saturated heterocycles. The van der Waals surface area contributed by atoms with Crippen molar-refractivity contribution in [1.82, 2.24) is 4.90 Å². The van der Waals surface area contributed by atoms with Crippen LogP contribution in [0.15, 0.2) is 35.7 Å². The first-order valence-electron chi connectivity index (χ1n) is 13.2.